The van der Waals surface area contributed by atoms with Crippen LogP contribution in [0.5, 0.6) is 0 Å². The molecule has 1 aromatic heterocycles. The number of nitrogens with zero attached hydrogens (tertiary/aromatic N) is 1. The van der Waals surface area contributed by atoms with Crippen LogP contribution >= 0.6 is 11.6 Å². The molecule has 0 spiro atoms. The number of rotatable bonds is 5. The van der Waals surface area contributed by atoms with Gasteiger partial charge in [0, 0.05) is 36.3 Å². The molecule has 1 atom stereocenters. The van der Waals surface area contributed by atoms with Gasteiger partial charge in [0.2, 0.25) is 10.0 Å². The van der Waals surface area contributed by atoms with Gasteiger partial charge in [-0.3, -0.25) is 0 Å². The Balaban J connectivity index is 1.82. The standard InChI is InChI=1S/C17H17ClN2O3S/c1-20-11-13(12-6-2-4-8-15(12)20)16(21)10-19-24(22,23)17-9-5-3-7-14(17)18/h2-9,11,16,19,21H,10H2,1H3. The molecular formula is C17H17ClN2O3S. The molecule has 126 valence electrons. The third kappa shape index (κ3) is 3.18. The lowest BCUT2D eigenvalue weighted by molar-refractivity contribution is 0.183. The summed E-state index contributed by atoms with van der Waals surface area (Å²) >= 11 is 5.94. The normalized spacial score (nSPS) is 13.3. The predicted molar refractivity (Wildman–Crippen MR) is 94.5 cm³/mol. The molecule has 0 amide bonds. The molecule has 0 bridgehead atoms. The van der Waals surface area contributed by atoms with Crippen molar-refractivity contribution in [2.75, 3.05) is 6.54 Å². The van der Waals surface area contributed by atoms with E-state index in [0.717, 1.165) is 10.9 Å². The molecule has 0 radical (unpaired) electrons. The van der Waals surface area contributed by atoms with Gasteiger partial charge < -0.3 is 9.67 Å². The van der Waals surface area contributed by atoms with Crippen LogP contribution in [-0.2, 0) is 17.1 Å². The number of halogens is 1. The van der Waals surface area contributed by atoms with Gasteiger partial charge in [-0.25, -0.2) is 13.1 Å². The van der Waals surface area contributed by atoms with Crippen molar-refractivity contribution >= 4 is 32.5 Å². The summed E-state index contributed by atoms with van der Waals surface area (Å²) in [6.45, 7) is -0.137. The average Bonchev–Trinajstić information content (AvgIpc) is 2.90. The third-order valence-corrected chi connectivity index (χ3v) is 5.80. The lowest BCUT2D eigenvalue weighted by Crippen LogP contribution is -2.28. The second-order valence-electron chi connectivity index (χ2n) is 5.51. The van der Waals surface area contributed by atoms with Gasteiger partial charge in [0.25, 0.3) is 0 Å². The number of sulfonamides is 1. The molecule has 24 heavy (non-hydrogen) atoms. The van der Waals surface area contributed by atoms with Gasteiger partial charge in [-0.15, -0.1) is 0 Å². The Bertz CT molecular complexity index is 982. The minimum atomic E-state index is -3.79. The fraction of sp³-hybridized carbons (Fsp3) is 0.176. The molecule has 7 heteroatoms. The maximum atomic E-state index is 12.3. The van der Waals surface area contributed by atoms with E-state index in [-0.39, 0.29) is 16.5 Å². The van der Waals surface area contributed by atoms with E-state index in [4.69, 9.17) is 11.6 Å². The molecule has 3 rings (SSSR count). The van der Waals surface area contributed by atoms with Crippen molar-refractivity contribution in [3.05, 3.63) is 65.3 Å². The first-order valence-electron chi connectivity index (χ1n) is 7.36. The number of fused-ring (bicyclic) bond motifs is 1. The zero-order valence-corrected chi connectivity index (χ0v) is 14.6. The molecular weight excluding hydrogens is 348 g/mol. The lowest BCUT2D eigenvalue weighted by Gasteiger charge is -2.12. The fourth-order valence-electron chi connectivity index (χ4n) is 2.68. The van der Waals surface area contributed by atoms with Gasteiger partial charge in [0.1, 0.15) is 4.90 Å². The number of hydrogen-bond donors (Lipinski definition) is 2. The number of aryl methyl sites for hydroxylation is 1. The molecule has 0 aliphatic heterocycles. The highest BCUT2D eigenvalue weighted by molar-refractivity contribution is 7.89. The Hall–Kier alpha value is -1.86. The van der Waals surface area contributed by atoms with E-state index in [1.54, 1.807) is 18.3 Å². The molecule has 1 heterocycles. The van der Waals surface area contributed by atoms with E-state index in [0.29, 0.717) is 5.56 Å². The van der Waals surface area contributed by atoms with E-state index in [1.165, 1.54) is 12.1 Å². The predicted octanol–water partition coefficient (Wildman–Crippen LogP) is 2.84. The SMILES string of the molecule is Cn1cc(C(O)CNS(=O)(=O)c2ccccc2Cl)c2ccccc21. The van der Waals surface area contributed by atoms with Crippen LogP contribution in [0.15, 0.2) is 59.6 Å². The van der Waals surface area contributed by atoms with Gasteiger partial charge in [0.05, 0.1) is 11.1 Å². The number of para-hydroxylation sites is 1. The van der Waals surface area contributed by atoms with Crippen LogP contribution in [0.3, 0.4) is 0 Å². The van der Waals surface area contributed by atoms with E-state index in [9.17, 15) is 13.5 Å². The minimum Gasteiger partial charge on any atom is -0.387 e. The maximum Gasteiger partial charge on any atom is 0.242 e. The Morgan fingerprint density at radius 3 is 2.58 bits per heavy atom. The van der Waals surface area contributed by atoms with Gasteiger partial charge >= 0.3 is 0 Å². The van der Waals surface area contributed by atoms with Crippen LogP contribution < -0.4 is 4.72 Å². The highest BCUT2D eigenvalue weighted by Crippen LogP contribution is 2.26. The smallest absolute Gasteiger partial charge is 0.242 e. The molecule has 2 aromatic carbocycles. The summed E-state index contributed by atoms with van der Waals surface area (Å²) in [5.41, 5.74) is 1.65. The van der Waals surface area contributed by atoms with Crippen LogP contribution in [0.1, 0.15) is 11.7 Å². The Labute approximate surface area is 145 Å². The first-order valence-corrected chi connectivity index (χ1v) is 9.22. The fourth-order valence-corrected chi connectivity index (χ4v) is 4.23. The molecule has 1 unspecified atom stereocenters. The number of aliphatic hydroxyl groups excluding tert-OH is 1. The number of hydrogen-bond acceptors (Lipinski definition) is 3. The molecule has 0 saturated carbocycles. The Kier molecular flexibility index (Phi) is 4.64. The Morgan fingerprint density at radius 1 is 1.17 bits per heavy atom. The van der Waals surface area contributed by atoms with Crippen LogP contribution in [0.2, 0.25) is 5.02 Å². The van der Waals surface area contributed by atoms with E-state index in [2.05, 4.69) is 4.72 Å². The number of aliphatic hydroxyl groups is 1. The highest BCUT2D eigenvalue weighted by atomic mass is 35.5. The topological polar surface area (TPSA) is 71.3 Å². The van der Waals surface area contributed by atoms with Crippen molar-refractivity contribution in [3.8, 4) is 0 Å². The second-order valence-corrected chi connectivity index (χ2v) is 7.65. The molecule has 0 fully saturated rings. The largest absolute Gasteiger partial charge is 0.387 e. The van der Waals surface area contributed by atoms with Crippen molar-refractivity contribution in [1.29, 1.82) is 0 Å². The molecule has 0 aliphatic carbocycles. The van der Waals surface area contributed by atoms with Gasteiger partial charge in [0.15, 0.2) is 0 Å². The van der Waals surface area contributed by atoms with Crippen LogP contribution in [0.25, 0.3) is 10.9 Å². The van der Waals surface area contributed by atoms with Crippen molar-refractivity contribution in [2.45, 2.75) is 11.0 Å². The van der Waals surface area contributed by atoms with E-state index >= 15 is 0 Å². The van der Waals surface area contributed by atoms with Gasteiger partial charge in [-0.2, -0.15) is 0 Å². The summed E-state index contributed by atoms with van der Waals surface area (Å²) in [6, 6.07) is 13.8. The summed E-state index contributed by atoms with van der Waals surface area (Å²) in [4.78, 5) is -0.00298. The first-order chi connectivity index (χ1) is 11.4. The zero-order valence-electron chi connectivity index (χ0n) is 13.0. The highest BCUT2D eigenvalue weighted by Gasteiger charge is 2.21. The number of aromatic nitrogens is 1. The molecule has 2 N–H and O–H groups in total. The third-order valence-electron chi connectivity index (χ3n) is 3.88. The van der Waals surface area contributed by atoms with Crippen LogP contribution in [-0.4, -0.2) is 24.6 Å². The van der Waals surface area contributed by atoms with Gasteiger partial charge in [-0.1, -0.05) is 41.9 Å². The van der Waals surface area contributed by atoms with Crippen molar-refractivity contribution < 1.29 is 13.5 Å². The summed E-state index contributed by atoms with van der Waals surface area (Å²) < 4.78 is 29.0. The van der Waals surface area contributed by atoms with E-state index < -0.39 is 16.1 Å². The summed E-state index contributed by atoms with van der Waals surface area (Å²) in [6.07, 6.45) is 0.840. The summed E-state index contributed by atoms with van der Waals surface area (Å²) in [5, 5.41) is 11.5. The Morgan fingerprint density at radius 2 is 1.83 bits per heavy atom. The van der Waals surface area contributed by atoms with Crippen LogP contribution in [0.4, 0.5) is 0 Å². The zero-order chi connectivity index (χ0) is 17.3. The lowest BCUT2D eigenvalue weighted by atomic mass is 10.1. The van der Waals surface area contributed by atoms with E-state index in [1.807, 2.05) is 35.9 Å². The monoisotopic (exact) mass is 364 g/mol. The van der Waals surface area contributed by atoms with Crippen molar-refractivity contribution in [3.63, 3.8) is 0 Å². The quantitative estimate of drug-likeness (QED) is 0.731. The average molecular weight is 365 g/mol. The van der Waals surface area contributed by atoms with Gasteiger partial charge in [-0.05, 0) is 18.2 Å². The van der Waals surface area contributed by atoms with Crippen molar-refractivity contribution in [1.82, 2.24) is 9.29 Å². The van der Waals surface area contributed by atoms with Crippen LogP contribution in [0, 0.1) is 0 Å². The second kappa shape index (κ2) is 6.57. The summed E-state index contributed by atoms with van der Waals surface area (Å²) in [7, 11) is -1.91. The molecule has 3 aromatic rings. The minimum absolute atomic E-state index is 0.00298. The molecule has 0 aliphatic rings. The molecule has 0 saturated heterocycles. The maximum absolute atomic E-state index is 12.3. The number of nitrogens with one attached hydrogen (secondary N) is 1. The molecule has 5 nitrogen and oxygen atoms in total. The summed E-state index contributed by atoms with van der Waals surface area (Å²) in [5.74, 6) is 0. The first kappa shape index (κ1) is 17.0. The number of benzene rings is 2. The van der Waals surface area contributed by atoms with Crippen molar-refractivity contribution in [2.24, 2.45) is 7.05 Å².